The summed E-state index contributed by atoms with van der Waals surface area (Å²) in [5.41, 5.74) is 0. The second kappa shape index (κ2) is 2.31. The second-order valence-electron chi connectivity index (χ2n) is 1.54. The van der Waals surface area contributed by atoms with Crippen molar-refractivity contribution in [3.05, 3.63) is 10.7 Å². The molecule has 8 heavy (non-hydrogen) atoms. The molecule has 0 spiro atoms. The average Bonchev–Trinajstić information content (AvgIpc) is 2.14. The van der Waals surface area contributed by atoms with E-state index in [1.807, 2.05) is 6.08 Å². The van der Waals surface area contributed by atoms with Gasteiger partial charge in [-0.2, -0.15) is 0 Å². The predicted octanol–water partition coefficient (Wildman–Crippen LogP) is 1.21. The monoisotopic (exact) mass is 176 g/mol. The van der Waals surface area contributed by atoms with Crippen molar-refractivity contribution in [2.24, 2.45) is 0 Å². The van der Waals surface area contributed by atoms with Crippen LogP contribution in [-0.2, 0) is 9.53 Å². The third kappa shape index (κ3) is 1.10. The average molecular weight is 177 g/mol. The third-order valence-corrected chi connectivity index (χ3v) is 1.44. The fraction of sp³-hybridized carbons (Fsp3) is 0.400. The number of carbonyl (C=O) groups excluding carboxylic acids is 1. The van der Waals surface area contributed by atoms with E-state index >= 15 is 0 Å². The van der Waals surface area contributed by atoms with Crippen LogP contribution in [0.5, 0.6) is 0 Å². The van der Waals surface area contributed by atoms with E-state index in [-0.39, 0.29) is 6.10 Å². The van der Waals surface area contributed by atoms with Crippen LogP contribution in [0.3, 0.4) is 0 Å². The second-order valence-corrected chi connectivity index (χ2v) is 2.32. The van der Waals surface area contributed by atoms with Gasteiger partial charge in [0.15, 0.2) is 17.1 Å². The van der Waals surface area contributed by atoms with Gasteiger partial charge in [0.25, 0.3) is 0 Å². The summed E-state index contributed by atoms with van der Waals surface area (Å²) < 4.78 is 5.60. The van der Waals surface area contributed by atoms with Crippen LogP contribution in [0.2, 0.25) is 0 Å². The van der Waals surface area contributed by atoms with Gasteiger partial charge in [-0.25, -0.2) is 0 Å². The molecule has 0 saturated heterocycles. The van der Waals surface area contributed by atoms with E-state index in [0.29, 0.717) is 11.1 Å². The molecule has 0 radical (unpaired) electrons. The Hall–Kier alpha value is -0.310. The standard InChI is InChI=1S/C5H5BrO2/c6-5-2-1-4(3-7)8-5/h2-4H,1H2. The predicted molar refractivity (Wildman–Crippen MR) is 32.6 cm³/mol. The van der Waals surface area contributed by atoms with Gasteiger partial charge in [0.1, 0.15) is 0 Å². The smallest absolute Gasteiger partial charge is 0.160 e. The molecule has 3 heteroatoms. The van der Waals surface area contributed by atoms with Crippen LogP contribution in [-0.4, -0.2) is 12.4 Å². The van der Waals surface area contributed by atoms with Crippen LogP contribution >= 0.6 is 15.9 Å². The van der Waals surface area contributed by atoms with Crippen molar-refractivity contribution in [3.8, 4) is 0 Å². The Balaban J connectivity index is 2.43. The first-order chi connectivity index (χ1) is 3.83. The SMILES string of the molecule is O=CC1CC=C(Br)O1. The van der Waals surface area contributed by atoms with Gasteiger partial charge in [-0.1, -0.05) is 0 Å². The highest BCUT2D eigenvalue weighted by Crippen LogP contribution is 2.19. The zero-order chi connectivity index (χ0) is 5.98. The van der Waals surface area contributed by atoms with Crippen LogP contribution in [0.4, 0.5) is 0 Å². The third-order valence-electron chi connectivity index (χ3n) is 0.926. The Kier molecular flexibility index (Phi) is 1.68. The summed E-state index contributed by atoms with van der Waals surface area (Å²) in [6.45, 7) is 0. The van der Waals surface area contributed by atoms with Crippen molar-refractivity contribution in [1.29, 1.82) is 0 Å². The van der Waals surface area contributed by atoms with Crippen molar-refractivity contribution in [3.63, 3.8) is 0 Å². The highest BCUT2D eigenvalue weighted by molar-refractivity contribution is 9.11. The zero-order valence-electron chi connectivity index (χ0n) is 4.13. The Bertz CT molecular complexity index is 130. The summed E-state index contributed by atoms with van der Waals surface area (Å²) in [4.78, 5) is 9.97. The van der Waals surface area contributed by atoms with Crippen LogP contribution in [0.1, 0.15) is 6.42 Å². The largest absolute Gasteiger partial charge is 0.476 e. The lowest BCUT2D eigenvalue weighted by atomic mass is 10.3. The first-order valence-corrected chi connectivity index (χ1v) is 3.10. The van der Waals surface area contributed by atoms with Crippen molar-refractivity contribution in [2.75, 3.05) is 0 Å². The van der Waals surface area contributed by atoms with Crippen molar-refractivity contribution in [2.45, 2.75) is 12.5 Å². The van der Waals surface area contributed by atoms with E-state index in [2.05, 4.69) is 15.9 Å². The van der Waals surface area contributed by atoms with Gasteiger partial charge in [-0.15, -0.1) is 0 Å². The molecule has 1 aliphatic rings. The number of halogens is 1. The maximum Gasteiger partial charge on any atom is 0.160 e. The van der Waals surface area contributed by atoms with Crippen molar-refractivity contribution in [1.82, 2.24) is 0 Å². The lowest BCUT2D eigenvalue weighted by Gasteiger charge is -1.99. The molecule has 0 aromatic carbocycles. The van der Waals surface area contributed by atoms with E-state index in [9.17, 15) is 4.79 Å². The first kappa shape index (κ1) is 5.82. The molecule has 1 heterocycles. The first-order valence-electron chi connectivity index (χ1n) is 2.30. The van der Waals surface area contributed by atoms with Crippen molar-refractivity contribution < 1.29 is 9.53 Å². The number of hydrogen-bond donors (Lipinski definition) is 0. The van der Waals surface area contributed by atoms with E-state index in [1.54, 1.807) is 0 Å². The number of hydrogen-bond acceptors (Lipinski definition) is 2. The molecule has 0 aliphatic carbocycles. The number of ether oxygens (including phenoxy) is 1. The van der Waals surface area contributed by atoms with Gasteiger partial charge in [-0.05, 0) is 22.0 Å². The Morgan fingerprint density at radius 2 is 2.75 bits per heavy atom. The molecule has 2 nitrogen and oxygen atoms in total. The summed E-state index contributed by atoms with van der Waals surface area (Å²) in [6, 6.07) is 0. The molecule has 1 aliphatic heterocycles. The van der Waals surface area contributed by atoms with E-state index in [0.717, 1.165) is 6.29 Å². The summed E-state index contributed by atoms with van der Waals surface area (Å²) in [7, 11) is 0. The van der Waals surface area contributed by atoms with Gasteiger partial charge in [0.2, 0.25) is 0 Å². The molecule has 1 atom stereocenters. The number of aldehydes is 1. The van der Waals surface area contributed by atoms with Gasteiger partial charge in [0.05, 0.1) is 0 Å². The molecular formula is C5H5BrO2. The van der Waals surface area contributed by atoms with Gasteiger partial charge < -0.3 is 4.74 Å². The summed E-state index contributed by atoms with van der Waals surface area (Å²) >= 11 is 3.10. The minimum atomic E-state index is -0.246. The molecule has 0 N–H and O–H groups in total. The van der Waals surface area contributed by atoms with Crippen LogP contribution in [0, 0.1) is 0 Å². The summed E-state index contributed by atoms with van der Waals surface area (Å²) in [6.07, 6.45) is 3.08. The minimum absolute atomic E-state index is 0.246. The molecule has 0 saturated carbocycles. The normalized spacial score (nSPS) is 26.6. The number of carbonyl (C=O) groups is 1. The molecule has 0 amide bonds. The lowest BCUT2D eigenvalue weighted by molar-refractivity contribution is -0.114. The van der Waals surface area contributed by atoms with Crippen LogP contribution in [0.15, 0.2) is 10.7 Å². The van der Waals surface area contributed by atoms with E-state index < -0.39 is 0 Å². The minimum Gasteiger partial charge on any atom is -0.476 e. The molecule has 1 rings (SSSR count). The maximum absolute atomic E-state index is 9.97. The van der Waals surface area contributed by atoms with Crippen LogP contribution in [0.25, 0.3) is 0 Å². The molecular weight excluding hydrogens is 172 g/mol. The van der Waals surface area contributed by atoms with Gasteiger partial charge in [-0.3, -0.25) is 4.79 Å². The highest BCUT2D eigenvalue weighted by Gasteiger charge is 2.13. The summed E-state index contributed by atoms with van der Waals surface area (Å²) in [5.74, 6) is 0. The summed E-state index contributed by atoms with van der Waals surface area (Å²) in [5, 5.41) is 0. The molecule has 0 aromatic heterocycles. The topological polar surface area (TPSA) is 26.3 Å². The highest BCUT2D eigenvalue weighted by atomic mass is 79.9. The molecule has 0 aromatic rings. The quantitative estimate of drug-likeness (QED) is 0.562. The molecule has 44 valence electrons. The van der Waals surface area contributed by atoms with Crippen LogP contribution < -0.4 is 0 Å². The molecule has 1 unspecified atom stereocenters. The van der Waals surface area contributed by atoms with Crippen molar-refractivity contribution >= 4 is 22.2 Å². The fourth-order valence-corrected chi connectivity index (χ4v) is 0.960. The molecule has 0 bridgehead atoms. The van der Waals surface area contributed by atoms with Gasteiger partial charge >= 0.3 is 0 Å². The Morgan fingerprint density at radius 1 is 2.00 bits per heavy atom. The Morgan fingerprint density at radius 3 is 3.00 bits per heavy atom. The van der Waals surface area contributed by atoms with Gasteiger partial charge in [0, 0.05) is 6.42 Å². The molecule has 0 fully saturated rings. The van der Waals surface area contributed by atoms with E-state index in [1.165, 1.54) is 0 Å². The fourth-order valence-electron chi connectivity index (χ4n) is 0.533. The Labute approximate surface area is 55.6 Å². The number of rotatable bonds is 1. The van der Waals surface area contributed by atoms with E-state index in [4.69, 9.17) is 4.74 Å². The lowest BCUT2D eigenvalue weighted by Crippen LogP contribution is -2.05. The maximum atomic E-state index is 9.97. The zero-order valence-corrected chi connectivity index (χ0v) is 5.72.